The number of phenolic OH excluding ortho intramolecular Hbond substituents is 1. The Kier molecular flexibility index (Phi) is 12.7. The van der Waals surface area contributed by atoms with Gasteiger partial charge in [0.2, 0.25) is 23.6 Å². The second-order valence-electron chi connectivity index (χ2n) is 8.12. The number of aliphatic carboxylic acids is 1. The van der Waals surface area contributed by atoms with Crippen LogP contribution in [0.25, 0.3) is 0 Å². The minimum Gasteiger partial charge on any atom is -0.508 e. The standard InChI is InChI=1S/C22H33N5O8S/c1-11(28)18(27-19(31)14(23)7-8-36-2)21(33)25-15(10-17(24)30)20(32)26-16(22(34)35)9-12-3-5-13(29)6-4-12/h3-6,11,14-16,18,28-29H,7-10,23H2,1-2H3,(H2,24,30)(H,25,33)(H,26,32)(H,27,31)(H,34,35). The van der Waals surface area contributed by atoms with Gasteiger partial charge in [-0.2, -0.15) is 11.8 Å². The van der Waals surface area contributed by atoms with E-state index in [0.717, 1.165) is 0 Å². The fraction of sp³-hybridized carbons (Fsp3) is 0.500. The number of hydrogen-bond acceptors (Lipinski definition) is 9. The molecule has 1 rings (SSSR count). The van der Waals surface area contributed by atoms with Crippen molar-refractivity contribution >= 4 is 41.4 Å². The third-order valence-corrected chi connectivity index (χ3v) is 5.71. The molecule has 200 valence electrons. The van der Waals surface area contributed by atoms with Crippen LogP contribution in [0.2, 0.25) is 0 Å². The molecule has 0 aliphatic rings. The first-order valence-corrected chi connectivity index (χ1v) is 12.4. The number of benzene rings is 1. The van der Waals surface area contributed by atoms with Crippen molar-refractivity contribution in [2.75, 3.05) is 12.0 Å². The number of nitrogens with one attached hydrogen (secondary N) is 3. The molecule has 0 spiro atoms. The largest absolute Gasteiger partial charge is 0.508 e. The average Bonchev–Trinajstić information content (AvgIpc) is 2.80. The first-order chi connectivity index (χ1) is 16.8. The van der Waals surface area contributed by atoms with Gasteiger partial charge in [0.15, 0.2) is 0 Å². The number of amides is 4. The van der Waals surface area contributed by atoms with Gasteiger partial charge in [-0.3, -0.25) is 19.2 Å². The molecule has 36 heavy (non-hydrogen) atoms. The van der Waals surface area contributed by atoms with Crippen molar-refractivity contribution in [3.05, 3.63) is 29.8 Å². The number of aliphatic hydroxyl groups is 1. The van der Waals surface area contributed by atoms with Crippen LogP contribution < -0.4 is 27.4 Å². The van der Waals surface area contributed by atoms with Crippen LogP contribution in [0.15, 0.2) is 24.3 Å². The lowest BCUT2D eigenvalue weighted by atomic mass is 10.0. The first-order valence-electron chi connectivity index (χ1n) is 11.0. The maximum Gasteiger partial charge on any atom is 0.326 e. The van der Waals surface area contributed by atoms with Crippen molar-refractivity contribution in [3.8, 4) is 5.75 Å². The van der Waals surface area contributed by atoms with E-state index in [2.05, 4.69) is 16.0 Å². The van der Waals surface area contributed by atoms with Gasteiger partial charge in [-0.1, -0.05) is 12.1 Å². The summed E-state index contributed by atoms with van der Waals surface area (Å²) in [6.45, 7) is 1.24. The van der Waals surface area contributed by atoms with Crippen LogP contribution in [0.1, 0.15) is 25.3 Å². The van der Waals surface area contributed by atoms with Crippen LogP contribution >= 0.6 is 11.8 Å². The van der Waals surface area contributed by atoms with E-state index >= 15 is 0 Å². The van der Waals surface area contributed by atoms with Gasteiger partial charge in [0, 0.05) is 6.42 Å². The van der Waals surface area contributed by atoms with Crippen LogP contribution in [-0.4, -0.2) is 87.2 Å². The Bertz CT molecular complexity index is 928. The van der Waals surface area contributed by atoms with E-state index in [4.69, 9.17) is 11.5 Å². The van der Waals surface area contributed by atoms with Crippen LogP contribution in [-0.2, 0) is 30.4 Å². The number of rotatable bonds is 15. The Morgan fingerprint density at radius 2 is 1.56 bits per heavy atom. The third-order valence-electron chi connectivity index (χ3n) is 5.06. The second kappa shape index (κ2) is 14.9. The molecule has 1 aromatic carbocycles. The fourth-order valence-corrected chi connectivity index (χ4v) is 3.54. The number of hydrogen-bond donors (Lipinski definition) is 8. The highest BCUT2D eigenvalue weighted by atomic mass is 32.2. The summed E-state index contributed by atoms with van der Waals surface area (Å²) in [5.74, 6) is -4.48. The minimum absolute atomic E-state index is 0.0242. The molecule has 0 aliphatic carbocycles. The number of carboxylic acid groups (broad SMARTS) is 1. The van der Waals surface area contributed by atoms with Gasteiger partial charge in [0.1, 0.15) is 23.9 Å². The van der Waals surface area contributed by atoms with Crippen molar-refractivity contribution in [2.45, 2.75) is 56.5 Å². The zero-order valence-corrected chi connectivity index (χ0v) is 20.8. The van der Waals surface area contributed by atoms with Crippen molar-refractivity contribution in [1.29, 1.82) is 0 Å². The van der Waals surface area contributed by atoms with E-state index < -0.39 is 66.3 Å². The van der Waals surface area contributed by atoms with E-state index in [-0.39, 0.29) is 12.2 Å². The number of carboxylic acids is 1. The lowest BCUT2D eigenvalue weighted by molar-refractivity contribution is -0.142. The normalized spacial score (nSPS) is 15.0. The summed E-state index contributed by atoms with van der Waals surface area (Å²) in [6.07, 6.45) is -0.0539. The van der Waals surface area contributed by atoms with Gasteiger partial charge in [-0.15, -0.1) is 0 Å². The zero-order chi connectivity index (χ0) is 27.4. The number of phenols is 1. The molecule has 0 aromatic heterocycles. The number of nitrogens with two attached hydrogens (primary N) is 2. The van der Waals surface area contributed by atoms with Crippen LogP contribution in [0, 0.1) is 0 Å². The summed E-state index contributed by atoms with van der Waals surface area (Å²) in [7, 11) is 0. The Balaban J connectivity index is 2.97. The molecule has 5 atom stereocenters. The quantitative estimate of drug-likeness (QED) is 0.123. The molecule has 5 unspecified atom stereocenters. The molecule has 0 aliphatic heterocycles. The number of aliphatic hydroxyl groups excluding tert-OH is 1. The molecule has 14 heteroatoms. The number of aromatic hydroxyl groups is 1. The fourth-order valence-electron chi connectivity index (χ4n) is 3.05. The number of thioether (sulfide) groups is 1. The molecule has 4 amide bonds. The van der Waals surface area contributed by atoms with E-state index in [1.807, 2.05) is 6.26 Å². The smallest absolute Gasteiger partial charge is 0.326 e. The lowest BCUT2D eigenvalue weighted by Gasteiger charge is -2.26. The molecule has 0 heterocycles. The average molecular weight is 528 g/mol. The van der Waals surface area contributed by atoms with E-state index in [0.29, 0.717) is 17.7 Å². The summed E-state index contributed by atoms with van der Waals surface area (Å²) in [5.41, 5.74) is 11.5. The highest BCUT2D eigenvalue weighted by Crippen LogP contribution is 2.12. The molecular formula is C22H33N5O8S. The Morgan fingerprint density at radius 1 is 0.972 bits per heavy atom. The van der Waals surface area contributed by atoms with E-state index in [9.17, 15) is 39.3 Å². The summed E-state index contributed by atoms with van der Waals surface area (Å²) in [6, 6.07) is 0.185. The number of carbonyl (C=O) groups excluding carboxylic acids is 4. The molecule has 10 N–H and O–H groups in total. The highest BCUT2D eigenvalue weighted by molar-refractivity contribution is 7.98. The van der Waals surface area contributed by atoms with Gasteiger partial charge in [0.05, 0.1) is 18.6 Å². The molecule has 0 saturated heterocycles. The predicted molar refractivity (Wildman–Crippen MR) is 132 cm³/mol. The summed E-state index contributed by atoms with van der Waals surface area (Å²) < 4.78 is 0. The molecule has 1 aromatic rings. The van der Waals surface area contributed by atoms with Crippen molar-refractivity contribution in [1.82, 2.24) is 16.0 Å². The SMILES string of the molecule is CSCCC(N)C(=O)NC(C(=O)NC(CC(N)=O)C(=O)NC(Cc1ccc(O)cc1)C(=O)O)C(C)O. The topological polar surface area (TPSA) is 234 Å². The Morgan fingerprint density at radius 3 is 2.06 bits per heavy atom. The molecule has 0 fully saturated rings. The first kappa shape index (κ1) is 30.7. The monoisotopic (exact) mass is 527 g/mol. The third kappa shape index (κ3) is 10.5. The van der Waals surface area contributed by atoms with Gasteiger partial charge in [0.25, 0.3) is 0 Å². The Hall–Kier alpha value is -3.36. The number of carbonyl (C=O) groups is 5. The van der Waals surface area contributed by atoms with Crippen LogP contribution in [0.5, 0.6) is 5.75 Å². The molecule has 0 saturated carbocycles. The molecular weight excluding hydrogens is 494 g/mol. The zero-order valence-electron chi connectivity index (χ0n) is 20.0. The van der Waals surface area contributed by atoms with Crippen molar-refractivity contribution in [3.63, 3.8) is 0 Å². The second-order valence-corrected chi connectivity index (χ2v) is 9.10. The van der Waals surface area contributed by atoms with E-state index in [1.54, 1.807) is 0 Å². The van der Waals surface area contributed by atoms with Gasteiger partial charge in [-0.25, -0.2) is 4.79 Å². The van der Waals surface area contributed by atoms with Gasteiger partial charge in [-0.05, 0) is 43.0 Å². The summed E-state index contributed by atoms with van der Waals surface area (Å²) in [5, 5.41) is 35.7. The Labute approximate surface area is 212 Å². The van der Waals surface area contributed by atoms with Crippen LogP contribution in [0.3, 0.4) is 0 Å². The molecule has 0 radical (unpaired) electrons. The van der Waals surface area contributed by atoms with E-state index in [1.165, 1.54) is 43.0 Å². The van der Waals surface area contributed by atoms with Gasteiger partial charge >= 0.3 is 5.97 Å². The van der Waals surface area contributed by atoms with Gasteiger partial charge < -0.3 is 42.7 Å². The predicted octanol–water partition coefficient (Wildman–Crippen LogP) is -2.19. The minimum atomic E-state index is -1.58. The lowest BCUT2D eigenvalue weighted by Crippen LogP contribution is -2.60. The van der Waals surface area contributed by atoms with Crippen molar-refractivity contribution in [2.24, 2.45) is 11.5 Å². The summed E-state index contributed by atoms with van der Waals surface area (Å²) >= 11 is 1.47. The highest BCUT2D eigenvalue weighted by Gasteiger charge is 2.33. The van der Waals surface area contributed by atoms with Crippen LogP contribution in [0.4, 0.5) is 0 Å². The van der Waals surface area contributed by atoms with Crippen molar-refractivity contribution < 1.29 is 39.3 Å². The maximum absolute atomic E-state index is 12.8. The molecule has 13 nitrogen and oxygen atoms in total. The number of primary amides is 1. The maximum atomic E-state index is 12.8. The molecule has 0 bridgehead atoms. The summed E-state index contributed by atoms with van der Waals surface area (Å²) in [4.78, 5) is 61.1.